The Hall–Kier alpha value is 0.362. The van der Waals surface area contributed by atoms with Crippen LogP contribution >= 0.6 is 11.8 Å². The Labute approximate surface area is 225 Å². The van der Waals surface area contributed by atoms with Crippen LogP contribution in [0.15, 0.2) is 53.4 Å². The fraction of sp³-hybridized carbons (Fsp3) is 0.381. The summed E-state index contributed by atoms with van der Waals surface area (Å²) in [6, 6.07) is 16.1. The van der Waals surface area contributed by atoms with Gasteiger partial charge in [0.15, 0.2) is 0 Å². The molecule has 0 aromatic heterocycles. The van der Waals surface area contributed by atoms with E-state index in [1.54, 1.807) is 18.9 Å². The van der Waals surface area contributed by atoms with Crippen LogP contribution in [0.5, 0.6) is 11.5 Å². The van der Waals surface area contributed by atoms with E-state index in [0.29, 0.717) is 25.7 Å². The molecule has 1 heterocycles. The van der Waals surface area contributed by atoms with Gasteiger partial charge in [-0.25, -0.2) is 6.61 Å². The van der Waals surface area contributed by atoms with E-state index < -0.39 is 0 Å². The van der Waals surface area contributed by atoms with Gasteiger partial charge in [0.2, 0.25) is 0 Å². The number of methoxy groups -OCH3 is 1. The minimum Gasteiger partial charge on any atom is -0.542 e. The molecule has 0 aliphatic carbocycles. The molecular formula is C21H25CsO4S. The Morgan fingerprint density at radius 3 is 2.48 bits per heavy atom. The van der Waals surface area contributed by atoms with Crippen LogP contribution in [0.2, 0.25) is 0 Å². The van der Waals surface area contributed by atoms with Crippen LogP contribution in [0.4, 0.5) is 0 Å². The van der Waals surface area contributed by atoms with Gasteiger partial charge in [-0.05, 0) is 24.1 Å². The molecule has 0 N–H and O–H groups in total. The van der Waals surface area contributed by atoms with Gasteiger partial charge >= 0.3 is 68.9 Å². The number of hydrogen-bond acceptors (Lipinski definition) is 5. The van der Waals surface area contributed by atoms with Gasteiger partial charge in [-0.3, -0.25) is 0 Å². The van der Waals surface area contributed by atoms with Crippen molar-refractivity contribution in [1.82, 2.24) is 0 Å². The van der Waals surface area contributed by atoms with Crippen molar-refractivity contribution in [1.29, 1.82) is 0 Å². The number of ether oxygens (including phenoxy) is 4. The summed E-state index contributed by atoms with van der Waals surface area (Å²) >= 11 is 1.70. The van der Waals surface area contributed by atoms with Crippen molar-refractivity contribution in [3.8, 4) is 11.5 Å². The van der Waals surface area contributed by atoms with E-state index in [4.69, 9.17) is 18.9 Å². The maximum absolute atomic E-state index is 5.99. The maximum Gasteiger partial charge on any atom is 1.00 e. The summed E-state index contributed by atoms with van der Waals surface area (Å²) in [4.78, 5) is 1.08. The average molecular weight is 506 g/mol. The van der Waals surface area contributed by atoms with Crippen molar-refractivity contribution in [3.05, 3.63) is 60.7 Å². The van der Waals surface area contributed by atoms with E-state index in [-0.39, 0.29) is 74.3 Å². The summed E-state index contributed by atoms with van der Waals surface area (Å²) in [6.07, 6.45) is 1.01. The molecule has 27 heavy (non-hydrogen) atoms. The summed E-state index contributed by atoms with van der Waals surface area (Å²) in [6.45, 7) is 5.67. The quantitative estimate of drug-likeness (QED) is 0.384. The molecule has 1 unspecified atom stereocenters. The molecular weight excluding hydrogens is 481 g/mol. The molecule has 1 aliphatic heterocycles. The zero-order valence-corrected chi connectivity index (χ0v) is 23.3. The van der Waals surface area contributed by atoms with Crippen LogP contribution in [0.25, 0.3) is 0 Å². The second-order valence-corrected chi connectivity index (χ2v) is 7.52. The van der Waals surface area contributed by atoms with Gasteiger partial charge in [0.1, 0.15) is 24.7 Å². The third-order valence-electron chi connectivity index (χ3n) is 3.95. The molecule has 2 aromatic rings. The van der Waals surface area contributed by atoms with Gasteiger partial charge in [-0.2, -0.15) is 0 Å². The average Bonchev–Trinajstić information content (AvgIpc) is 3.06. The Morgan fingerprint density at radius 1 is 1.07 bits per heavy atom. The topological polar surface area (TPSA) is 36.9 Å². The van der Waals surface area contributed by atoms with Gasteiger partial charge in [-0.15, -0.1) is 5.92 Å². The first kappa shape index (κ1) is 23.6. The minimum atomic E-state index is 0. The molecule has 2 aromatic carbocycles. The molecule has 4 nitrogen and oxygen atoms in total. The van der Waals surface area contributed by atoms with E-state index in [9.17, 15) is 0 Å². The van der Waals surface area contributed by atoms with E-state index in [1.807, 2.05) is 43.0 Å². The monoisotopic (exact) mass is 506 g/mol. The Kier molecular flexibility index (Phi) is 11.2. The zero-order chi connectivity index (χ0) is 18.2. The van der Waals surface area contributed by atoms with Crippen LogP contribution in [0.3, 0.4) is 0 Å². The predicted octanol–water partition coefficient (Wildman–Crippen LogP) is 1.93. The molecule has 2 atom stereocenters. The molecule has 0 radical (unpaired) electrons. The van der Waals surface area contributed by atoms with Gasteiger partial charge < -0.3 is 18.9 Å². The minimum absolute atomic E-state index is 0. The summed E-state index contributed by atoms with van der Waals surface area (Å²) in [5, 5.41) is 0. The molecule has 0 amide bonds. The predicted molar refractivity (Wildman–Crippen MR) is 103 cm³/mol. The number of rotatable bonds is 9. The van der Waals surface area contributed by atoms with Crippen LogP contribution in [0.1, 0.15) is 18.9 Å². The smallest absolute Gasteiger partial charge is 0.542 e. The Bertz CT molecular complexity index is 683. The summed E-state index contributed by atoms with van der Waals surface area (Å²) in [7, 11) is 1.67. The van der Waals surface area contributed by atoms with Crippen molar-refractivity contribution < 1.29 is 87.8 Å². The Morgan fingerprint density at radius 2 is 1.81 bits per heavy atom. The van der Waals surface area contributed by atoms with Crippen molar-refractivity contribution in [2.75, 3.05) is 20.3 Å². The summed E-state index contributed by atoms with van der Waals surface area (Å²) in [5.41, 5.74) is 1.27. The molecule has 0 saturated carbocycles. The number of hydrogen-bond donors (Lipinski definition) is 0. The van der Waals surface area contributed by atoms with Gasteiger partial charge in [0, 0.05) is 18.1 Å². The Balaban J connectivity index is 0.00000261. The maximum atomic E-state index is 5.99. The van der Waals surface area contributed by atoms with Crippen LogP contribution in [-0.4, -0.2) is 25.8 Å². The fourth-order valence-corrected chi connectivity index (χ4v) is 3.82. The molecule has 0 spiro atoms. The number of thioether (sulfide) groups is 1. The molecule has 140 valence electrons. The third-order valence-corrected chi connectivity index (χ3v) is 5.03. The van der Waals surface area contributed by atoms with Gasteiger partial charge in [0.25, 0.3) is 0 Å². The summed E-state index contributed by atoms with van der Waals surface area (Å²) in [5.74, 6) is 2.06. The van der Waals surface area contributed by atoms with Crippen LogP contribution < -0.4 is 78.4 Å². The second kappa shape index (κ2) is 12.8. The second-order valence-electron chi connectivity index (χ2n) is 6.29. The number of benzene rings is 2. The van der Waals surface area contributed by atoms with E-state index in [1.165, 1.54) is 0 Å². The molecule has 0 bridgehead atoms. The van der Waals surface area contributed by atoms with Crippen molar-refractivity contribution in [2.24, 2.45) is 5.92 Å². The van der Waals surface area contributed by atoms with Crippen molar-refractivity contribution >= 4 is 11.8 Å². The van der Waals surface area contributed by atoms with Gasteiger partial charge in [-0.1, -0.05) is 49.0 Å². The zero-order valence-electron chi connectivity index (χ0n) is 16.2. The largest absolute Gasteiger partial charge is 1.00 e. The normalized spacial score (nSPS) is 18.7. The molecule has 3 rings (SSSR count). The van der Waals surface area contributed by atoms with Gasteiger partial charge in [0.05, 0.1) is 12.0 Å². The first-order valence-corrected chi connectivity index (χ1v) is 9.70. The standard InChI is InChI=1S/C21H25O4S.Cs/c1-16-10-21(25-14-16)26-20-12-18(23-9-8-22-2)11-19(13-20)24-15-17-6-4-3-5-7-17;/h3-7,11-14,16,21H,8-10,15H2,1-2H3;/q-1;+1/t16-,21?;/m1./s1. The molecule has 1 aliphatic rings. The van der Waals surface area contributed by atoms with E-state index >= 15 is 0 Å². The van der Waals surface area contributed by atoms with Crippen molar-refractivity contribution in [3.63, 3.8) is 0 Å². The molecule has 1 saturated heterocycles. The van der Waals surface area contributed by atoms with Crippen LogP contribution in [0, 0.1) is 12.5 Å². The van der Waals surface area contributed by atoms with E-state index in [2.05, 4.69) is 19.1 Å². The fourth-order valence-electron chi connectivity index (χ4n) is 2.63. The molecule has 1 fully saturated rings. The van der Waals surface area contributed by atoms with Crippen LogP contribution in [-0.2, 0) is 16.1 Å². The first-order valence-electron chi connectivity index (χ1n) is 8.82. The summed E-state index contributed by atoms with van der Waals surface area (Å²) < 4.78 is 22.6. The van der Waals surface area contributed by atoms with E-state index in [0.717, 1.165) is 28.4 Å². The SMILES string of the molecule is COCCOc1cc(OCc2ccccc2)cc(SC2C[C@@H](C)[CH-]O2)c1.[Cs+]. The first-order chi connectivity index (χ1) is 12.7. The third kappa shape index (κ3) is 8.32. The molecule has 6 heteroatoms. The van der Waals surface area contributed by atoms with Crippen molar-refractivity contribution in [2.45, 2.75) is 30.3 Å².